The van der Waals surface area contributed by atoms with Crippen LogP contribution in [0, 0.1) is 0 Å². The number of rotatable bonds is 3. The average molecular weight is 350 g/mol. The monoisotopic (exact) mass is 348 g/mol. The Hall–Kier alpha value is -0.940. The van der Waals surface area contributed by atoms with E-state index in [1.165, 1.54) is 11.3 Å². The highest BCUT2D eigenvalue weighted by atomic mass is 35.5. The lowest BCUT2D eigenvalue weighted by Gasteiger charge is -2.14. The van der Waals surface area contributed by atoms with Gasteiger partial charge in [-0.3, -0.25) is 0 Å². The Morgan fingerprint density at radius 1 is 1.20 bits per heavy atom. The number of halogens is 3. The predicted octanol–water partition coefficient (Wildman–Crippen LogP) is 5.59. The van der Waals surface area contributed by atoms with E-state index in [9.17, 15) is 4.79 Å². The SMILES string of the molecule is CC(NC(=O)Nc1cccc(Cl)c1Cl)c1ccc(Cl)s1. The molecule has 1 aromatic heterocycles. The molecular weight excluding hydrogens is 339 g/mol. The van der Waals surface area contributed by atoms with E-state index in [1.807, 2.05) is 13.0 Å². The Morgan fingerprint density at radius 2 is 1.95 bits per heavy atom. The molecule has 2 aromatic rings. The van der Waals surface area contributed by atoms with Crippen molar-refractivity contribution in [2.75, 3.05) is 5.32 Å². The molecule has 2 N–H and O–H groups in total. The van der Waals surface area contributed by atoms with Crippen molar-refractivity contribution in [1.29, 1.82) is 0 Å². The first-order valence-electron chi connectivity index (χ1n) is 5.74. The Morgan fingerprint density at radius 3 is 2.60 bits per heavy atom. The van der Waals surface area contributed by atoms with Crippen LogP contribution in [0.3, 0.4) is 0 Å². The van der Waals surface area contributed by atoms with Crippen LogP contribution in [0.4, 0.5) is 10.5 Å². The molecule has 3 nitrogen and oxygen atoms in total. The number of carbonyl (C=O) groups is 1. The molecule has 106 valence electrons. The molecular formula is C13H11Cl3N2OS. The summed E-state index contributed by atoms with van der Waals surface area (Å²) in [6, 6.07) is 8.22. The summed E-state index contributed by atoms with van der Waals surface area (Å²) in [6.07, 6.45) is 0. The van der Waals surface area contributed by atoms with E-state index >= 15 is 0 Å². The molecule has 0 aliphatic heterocycles. The lowest BCUT2D eigenvalue weighted by atomic mass is 10.3. The van der Waals surface area contributed by atoms with Crippen LogP contribution >= 0.6 is 46.1 Å². The van der Waals surface area contributed by atoms with Gasteiger partial charge in [0.1, 0.15) is 0 Å². The van der Waals surface area contributed by atoms with E-state index in [-0.39, 0.29) is 12.1 Å². The van der Waals surface area contributed by atoms with Gasteiger partial charge in [-0.15, -0.1) is 11.3 Å². The highest BCUT2D eigenvalue weighted by Gasteiger charge is 2.13. The van der Waals surface area contributed by atoms with Gasteiger partial charge in [-0.1, -0.05) is 40.9 Å². The number of thiophene rings is 1. The number of benzene rings is 1. The summed E-state index contributed by atoms with van der Waals surface area (Å²) in [5.74, 6) is 0. The fourth-order valence-electron chi connectivity index (χ4n) is 1.59. The summed E-state index contributed by atoms with van der Waals surface area (Å²) < 4.78 is 0.687. The number of anilines is 1. The van der Waals surface area contributed by atoms with E-state index < -0.39 is 0 Å². The first-order chi connectivity index (χ1) is 9.47. The zero-order valence-electron chi connectivity index (χ0n) is 10.4. The highest BCUT2D eigenvalue weighted by molar-refractivity contribution is 7.16. The third-order valence-corrected chi connectivity index (χ3v) is 4.80. The summed E-state index contributed by atoms with van der Waals surface area (Å²) in [5, 5.41) is 6.18. The molecule has 2 rings (SSSR count). The maximum absolute atomic E-state index is 11.9. The van der Waals surface area contributed by atoms with Crippen molar-refractivity contribution in [1.82, 2.24) is 5.32 Å². The van der Waals surface area contributed by atoms with Crippen molar-refractivity contribution in [2.45, 2.75) is 13.0 Å². The van der Waals surface area contributed by atoms with Crippen molar-refractivity contribution >= 4 is 57.9 Å². The predicted molar refractivity (Wildman–Crippen MR) is 86.4 cm³/mol. The van der Waals surface area contributed by atoms with Crippen LogP contribution in [0.15, 0.2) is 30.3 Å². The van der Waals surface area contributed by atoms with Gasteiger partial charge in [0.05, 0.1) is 26.1 Å². The Labute approximate surface area is 135 Å². The van der Waals surface area contributed by atoms with E-state index in [0.29, 0.717) is 20.1 Å². The molecule has 1 unspecified atom stereocenters. The second-order valence-corrected chi connectivity index (χ2v) is 6.60. The summed E-state index contributed by atoms with van der Waals surface area (Å²) in [4.78, 5) is 12.9. The van der Waals surface area contributed by atoms with Crippen LogP contribution in [-0.4, -0.2) is 6.03 Å². The standard InChI is InChI=1S/C13H11Cl3N2OS/c1-7(10-5-6-11(15)20-10)17-13(19)18-9-4-2-3-8(14)12(9)16/h2-7H,1H3,(H2,17,18,19). The minimum absolute atomic E-state index is 0.148. The van der Waals surface area contributed by atoms with E-state index in [2.05, 4.69) is 10.6 Å². The van der Waals surface area contributed by atoms with Crippen LogP contribution in [0.2, 0.25) is 14.4 Å². The molecule has 0 saturated carbocycles. The molecule has 0 aliphatic carbocycles. The van der Waals surface area contributed by atoms with Gasteiger partial charge in [0.2, 0.25) is 0 Å². The number of amides is 2. The van der Waals surface area contributed by atoms with Crippen molar-refractivity contribution in [2.24, 2.45) is 0 Å². The number of nitrogens with one attached hydrogen (secondary N) is 2. The number of carbonyl (C=O) groups excluding carboxylic acids is 1. The quantitative estimate of drug-likeness (QED) is 0.745. The number of hydrogen-bond acceptors (Lipinski definition) is 2. The normalized spacial score (nSPS) is 12.0. The minimum atomic E-state index is -0.355. The van der Waals surface area contributed by atoms with Gasteiger partial charge in [0.25, 0.3) is 0 Å². The second-order valence-electron chi connectivity index (χ2n) is 4.06. The fourth-order valence-corrected chi connectivity index (χ4v) is 3.00. The first kappa shape index (κ1) is 15.4. The van der Waals surface area contributed by atoms with Crippen LogP contribution in [0.5, 0.6) is 0 Å². The van der Waals surface area contributed by atoms with Crippen LogP contribution in [0.25, 0.3) is 0 Å². The minimum Gasteiger partial charge on any atom is -0.331 e. The smallest absolute Gasteiger partial charge is 0.319 e. The molecule has 0 spiro atoms. The fraction of sp³-hybridized carbons (Fsp3) is 0.154. The third-order valence-electron chi connectivity index (χ3n) is 2.57. The third kappa shape index (κ3) is 3.79. The lowest BCUT2D eigenvalue weighted by Crippen LogP contribution is -2.30. The van der Waals surface area contributed by atoms with Crippen molar-refractivity contribution in [3.8, 4) is 0 Å². The molecule has 0 bridgehead atoms. The zero-order valence-corrected chi connectivity index (χ0v) is 13.5. The molecule has 1 atom stereocenters. The summed E-state index contributed by atoms with van der Waals surface area (Å²) >= 11 is 19.2. The van der Waals surface area contributed by atoms with E-state index in [0.717, 1.165) is 4.88 Å². The Balaban J connectivity index is 2.00. The van der Waals surface area contributed by atoms with E-state index in [1.54, 1.807) is 24.3 Å². The van der Waals surface area contributed by atoms with Crippen molar-refractivity contribution < 1.29 is 4.79 Å². The van der Waals surface area contributed by atoms with Crippen LogP contribution < -0.4 is 10.6 Å². The van der Waals surface area contributed by atoms with E-state index in [4.69, 9.17) is 34.8 Å². The average Bonchev–Trinajstić information content (AvgIpc) is 2.82. The zero-order chi connectivity index (χ0) is 14.7. The van der Waals surface area contributed by atoms with Gasteiger partial charge in [-0.25, -0.2) is 4.79 Å². The molecule has 0 radical (unpaired) electrons. The molecule has 1 heterocycles. The molecule has 0 aliphatic rings. The van der Waals surface area contributed by atoms with Gasteiger partial charge in [0, 0.05) is 4.88 Å². The Kier molecular flexibility index (Phi) is 5.16. The van der Waals surface area contributed by atoms with Gasteiger partial charge >= 0.3 is 6.03 Å². The molecule has 7 heteroatoms. The highest BCUT2D eigenvalue weighted by Crippen LogP contribution is 2.30. The van der Waals surface area contributed by atoms with Crippen LogP contribution in [-0.2, 0) is 0 Å². The summed E-state index contributed by atoms with van der Waals surface area (Å²) in [6.45, 7) is 1.88. The summed E-state index contributed by atoms with van der Waals surface area (Å²) in [5.41, 5.74) is 0.466. The molecule has 20 heavy (non-hydrogen) atoms. The van der Waals surface area contributed by atoms with Crippen LogP contribution in [0.1, 0.15) is 17.8 Å². The second kappa shape index (κ2) is 6.68. The first-order valence-corrected chi connectivity index (χ1v) is 7.69. The van der Waals surface area contributed by atoms with Crippen molar-refractivity contribution in [3.05, 3.63) is 49.6 Å². The molecule has 0 fully saturated rings. The van der Waals surface area contributed by atoms with Gasteiger partial charge < -0.3 is 10.6 Å². The molecule has 2 amide bonds. The molecule has 0 saturated heterocycles. The maximum atomic E-state index is 11.9. The number of urea groups is 1. The van der Waals surface area contributed by atoms with Gasteiger partial charge in [0.15, 0.2) is 0 Å². The van der Waals surface area contributed by atoms with Gasteiger partial charge in [-0.05, 0) is 31.2 Å². The maximum Gasteiger partial charge on any atom is 0.319 e. The molecule has 1 aromatic carbocycles. The lowest BCUT2D eigenvalue weighted by molar-refractivity contribution is 0.249. The largest absolute Gasteiger partial charge is 0.331 e. The van der Waals surface area contributed by atoms with Gasteiger partial charge in [-0.2, -0.15) is 0 Å². The topological polar surface area (TPSA) is 41.1 Å². The Bertz CT molecular complexity index is 630. The number of hydrogen-bond donors (Lipinski definition) is 2. The van der Waals surface area contributed by atoms with Crippen molar-refractivity contribution in [3.63, 3.8) is 0 Å². The summed E-state index contributed by atoms with van der Waals surface area (Å²) in [7, 11) is 0.